The zero-order valence-corrected chi connectivity index (χ0v) is 17.1. The van der Waals surface area contributed by atoms with Crippen LogP contribution in [-0.2, 0) is 15.1 Å². The van der Waals surface area contributed by atoms with Crippen molar-refractivity contribution in [1.82, 2.24) is 9.88 Å². The molecule has 31 heavy (non-hydrogen) atoms. The van der Waals surface area contributed by atoms with Crippen molar-refractivity contribution >= 4 is 12.1 Å². The van der Waals surface area contributed by atoms with E-state index in [-0.39, 0.29) is 18.1 Å². The number of pyridine rings is 1. The molecule has 0 aliphatic heterocycles. The van der Waals surface area contributed by atoms with Crippen LogP contribution in [0.2, 0.25) is 0 Å². The minimum atomic E-state index is -1.85. The van der Waals surface area contributed by atoms with Crippen molar-refractivity contribution in [3.63, 3.8) is 0 Å². The lowest BCUT2D eigenvalue weighted by atomic mass is 9.92. The van der Waals surface area contributed by atoms with Crippen LogP contribution in [0, 0.1) is 5.82 Å². The van der Waals surface area contributed by atoms with Crippen LogP contribution >= 0.6 is 0 Å². The molecule has 7 heteroatoms. The summed E-state index contributed by atoms with van der Waals surface area (Å²) in [5.41, 5.74) is 2.47. The summed E-state index contributed by atoms with van der Waals surface area (Å²) in [4.78, 5) is 29.6. The smallest absolute Gasteiger partial charge is 0.410 e. The fourth-order valence-electron chi connectivity index (χ4n) is 4.01. The summed E-state index contributed by atoms with van der Waals surface area (Å²) in [5, 5.41) is 9.84. The highest BCUT2D eigenvalue weighted by Crippen LogP contribution is 2.44. The summed E-state index contributed by atoms with van der Waals surface area (Å²) in [6, 6.07) is 16.9. The van der Waals surface area contributed by atoms with Crippen LogP contribution in [0.3, 0.4) is 0 Å². The molecule has 0 saturated heterocycles. The summed E-state index contributed by atoms with van der Waals surface area (Å²) in [7, 11) is 1.32. The van der Waals surface area contributed by atoms with E-state index >= 15 is 0 Å². The van der Waals surface area contributed by atoms with Gasteiger partial charge >= 0.3 is 12.1 Å². The van der Waals surface area contributed by atoms with Crippen LogP contribution in [0.4, 0.5) is 9.18 Å². The number of amides is 1. The van der Waals surface area contributed by atoms with Gasteiger partial charge in [0, 0.05) is 24.7 Å². The van der Waals surface area contributed by atoms with Gasteiger partial charge < -0.3 is 9.84 Å². The first-order chi connectivity index (χ1) is 14.8. The number of carboxylic acid groups (broad SMARTS) is 1. The van der Waals surface area contributed by atoms with Gasteiger partial charge in [0.25, 0.3) is 0 Å². The van der Waals surface area contributed by atoms with Gasteiger partial charge in [0.1, 0.15) is 12.4 Å². The fraction of sp³-hybridized carbons (Fsp3) is 0.208. The van der Waals surface area contributed by atoms with Crippen molar-refractivity contribution in [2.45, 2.75) is 18.4 Å². The van der Waals surface area contributed by atoms with Gasteiger partial charge in [-0.1, -0.05) is 48.5 Å². The van der Waals surface area contributed by atoms with E-state index in [0.717, 1.165) is 39.4 Å². The van der Waals surface area contributed by atoms with Crippen LogP contribution < -0.4 is 0 Å². The number of nitrogens with zero attached hydrogens (tertiary/aromatic N) is 2. The standard InChI is InChI=1S/C24H21FN2O4/c1-24(22(28)29,15-11-16(25)13-26-12-15)27(2)23(30)31-14-21-19-9-5-3-7-17(19)18-8-4-6-10-20(18)21/h3-13,21H,14H2,1-2H3,(H,28,29). The van der Waals surface area contributed by atoms with Crippen LogP contribution in [0.25, 0.3) is 11.1 Å². The molecular weight excluding hydrogens is 399 g/mol. The third kappa shape index (κ3) is 3.42. The van der Waals surface area contributed by atoms with Gasteiger partial charge in [-0.25, -0.2) is 14.0 Å². The summed E-state index contributed by atoms with van der Waals surface area (Å²) in [5.74, 6) is -2.17. The molecule has 2 aromatic carbocycles. The van der Waals surface area contributed by atoms with Crippen molar-refractivity contribution in [3.8, 4) is 11.1 Å². The Labute approximate surface area is 178 Å². The Morgan fingerprint density at radius 2 is 1.68 bits per heavy atom. The first-order valence-corrected chi connectivity index (χ1v) is 9.77. The Balaban J connectivity index is 1.58. The number of likely N-dealkylation sites (N-methyl/N-ethyl adjacent to an activating group) is 1. The number of fused-ring (bicyclic) bond motifs is 3. The molecule has 0 saturated carbocycles. The molecular formula is C24H21FN2O4. The second kappa shape index (κ2) is 7.83. The number of benzene rings is 2. The lowest BCUT2D eigenvalue weighted by molar-refractivity contribution is -0.149. The Morgan fingerprint density at radius 3 is 2.23 bits per heavy atom. The van der Waals surface area contributed by atoms with Gasteiger partial charge in [0.15, 0.2) is 5.54 Å². The second-order valence-corrected chi connectivity index (χ2v) is 7.63. The van der Waals surface area contributed by atoms with Crippen molar-refractivity contribution < 1.29 is 23.8 Å². The number of carboxylic acids is 1. The van der Waals surface area contributed by atoms with E-state index in [1.807, 2.05) is 48.5 Å². The number of ether oxygens (including phenoxy) is 1. The van der Waals surface area contributed by atoms with Gasteiger partial charge in [-0.3, -0.25) is 9.88 Å². The molecule has 6 nitrogen and oxygen atoms in total. The average Bonchev–Trinajstić information content (AvgIpc) is 3.10. The van der Waals surface area contributed by atoms with Gasteiger partial charge in [-0.2, -0.15) is 0 Å². The Hall–Kier alpha value is -3.74. The number of halogens is 1. The van der Waals surface area contributed by atoms with E-state index in [2.05, 4.69) is 4.98 Å². The molecule has 3 aromatic rings. The Kier molecular flexibility index (Phi) is 5.19. The third-order valence-corrected chi connectivity index (χ3v) is 5.96. The molecule has 158 valence electrons. The van der Waals surface area contributed by atoms with Gasteiger partial charge in [-0.15, -0.1) is 0 Å². The first-order valence-electron chi connectivity index (χ1n) is 9.77. The van der Waals surface area contributed by atoms with Gasteiger partial charge in [-0.05, 0) is 35.2 Å². The van der Waals surface area contributed by atoms with E-state index < -0.39 is 23.4 Å². The Morgan fingerprint density at radius 1 is 1.10 bits per heavy atom. The zero-order valence-electron chi connectivity index (χ0n) is 17.1. The molecule has 1 amide bonds. The molecule has 1 N–H and O–H groups in total. The first kappa shape index (κ1) is 20.5. The normalized spacial score (nSPS) is 14.3. The Bertz CT molecular complexity index is 1120. The monoisotopic (exact) mass is 420 g/mol. The highest BCUT2D eigenvalue weighted by molar-refractivity contribution is 5.85. The maximum absolute atomic E-state index is 13.7. The van der Waals surface area contributed by atoms with Crippen LogP contribution in [0.15, 0.2) is 67.0 Å². The third-order valence-electron chi connectivity index (χ3n) is 5.96. The number of rotatable bonds is 5. The molecule has 1 atom stereocenters. The number of carbonyl (C=O) groups excluding carboxylic acids is 1. The molecule has 1 aromatic heterocycles. The van der Waals surface area contributed by atoms with Crippen molar-refractivity contribution in [1.29, 1.82) is 0 Å². The largest absolute Gasteiger partial charge is 0.479 e. The number of aliphatic carboxylic acids is 1. The van der Waals surface area contributed by atoms with E-state index in [1.54, 1.807) is 0 Å². The van der Waals surface area contributed by atoms with E-state index in [1.165, 1.54) is 20.2 Å². The lowest BCUT2D eigenvalue weighted by Gasteiger charge is -2.34. The quantitative estimate of drug-likeness (QED) is 0.662. The van der Waals surface area contributed by atoms with Crippen LogP contribution in [-0.4, -0.2) is 40.7 Å². The predicted octanol–water partition coefficient (Wildman–Crippen LogP) is 4.40. The molecule has 1 aliphatic carbocycles. The highest BCUT2D eigenvalue weighted by atomic mass is 19.1. The molecule has 0 bridgehead atoms. The minimum absolute atomic E-state index is 0.0380. The topological polar surface area (TPSA) is 79.7 Å². The SMILES string of the molecule is CN(C(=O)OCC1c2ccccc2-c2ccccc21)C(C)(C(=O)O)c1cncc(F)c1. The van der Waals surface area contributed by atoms with Crippen LogP contribution in [0.5, 0.6) is 0 Å². The summed E-state index contributed by atoms with van der Waals surface area (Å²) >= 11 is 0. The molecule has 4 rings (SSSR count). The van der Waals surface area contributed by atoms with E-state index in [0.29, 0.717) is 0 Å². The summed E-state index contributed by atoms with van der Waals surface area (Å²) in [6.07, 6.45) is 1.37. The van der Waals surface area contributed by atoms with Gasteiger partial charge in [0.2, 0.25) is 0 Å². The summed E-state index contributed by atoms with van der Waals surface area (Å²) < 4.78 is 19.2. The van der Waals surface area contributed by atoms with Gasteiger partial charge in [0.05, 0.1) is 6.20 Å². The number of hydrogen-bond donors (Lipinski definition) is 1. The highest BCUT2D eigenvalue weighted by Gasteiger charge is 2.44. The predicted molar refractivity (Wildman–Crippen MR) is 112 cm³/mol. The van der Waals surface area contributed by atoms with E-state index in [4.69, 9.17) is 4.74 Å². The van der Waals surface area contributed by atoms with Crippen molar-refractivity contribution in [2.24, 2.45) is 0 Å². The second-order valence-electron chi connectivity index (χ2n) is 7.63. The molecule has 1 unspecified atom stereocenters. The maximum Gasteiger partial charge on any atom is 0.410 e. The zero-order chi connectivity index (χ0) is 22.2. The van der Waals surface area contributed by atoms with Crippen LogP contribution in [0.1, 0.15) is 29.5 Å². The molecule has 1 heterocycles. The van der Waals surface area contributed by atoms with E-state index in [9.17, 15) is 19.1 Å². The molecule has 1 aliphatic rings. The van der Waals surface area contributed by atoms with Crippen molar-refractivity contribution in [2.75, 3.05) is 13.7 Å². The minimum Gasteiger partial charge on any atom is -0.479 e. The molecule has 0 fully saturated rings. The van der Waals surface area contributed by atoms with Crippen molar-refractivity contribution in [3.05, 3.63) is 89.5 Å². The number of carbonyl (C=O) groups is 2. The lowest BCUT2D eigenvalue weighted by Crippen LogP contribution is -2.51. The maximum atomic E-state index is 13.7. The average molecular weight is 420 g/mol. The number of hydrogen-bond acceptors (Lipinski definition) is 4. The number of aromatic nitrogens is 1. The molecule has 0 spiro atoms. The molecule has 0 radical (unpaired) electrons. The summed E-state index contributed by atoms with van der Waals surface area (Å²) in [6.45, 7) is 1.36. The fourth-order valence-corrected chi connectivity index (χ4v) is 4.01.